The van der Waals surface area contributed by atoms with Gasteiger partial charge >= 0.3 is 0 Å². The Labute approximate surface area is 114 Å². The quantitative estimate of drug-likeness (QED) is 0.931. The van der Waals surface area contributed by atoms with Gasteiger partial charge in [0.05, 0.1) is 28.9 Å². The monoisotopic (exact) mass is 294 g/mol. The number of hydrogen-bond donors (Lipinski definition) is 1. The van der Waals surface area contributed by atoms with Gasteiger partial charge in [0, 0.05) is 0 Å². The lowest BCUT2D eigenvalue weighted by Crippen LogP contribution is -2.14. The van der Waals surface area contributed by atoms with Gasteiger partial charge in [0.15, 0.2) is 5.82 Å². The summed E-state index contributed by atoms with van der Waals surface area (Å²) in [5.74, 6) is 0.0249. The number of aromatic nitrogens is 2. The van der Waals surface area contributed by atoms with Crippen LogP contribution >= 0.6 is 11.6 Å². The second-order valence-corrected chi connectivity index (χ2v) is 5.54. The molecule has 0 aliphatic heterocycles. The van der Waals surface area contributed by atoms with Crippen LogP contribution in [0.5, 0.6) is 0 Å². The first-order chi connectivity index (χ1) is 9.01. The molecule has 0 saturated heterocycles. The first-order valence-electron chi connectivity index (χ1n) is 5.02. The zero-order chi connectivity index (χ0) is 13.9. The van der Waals surface area contributed by atoms with Crippen molar-refractivity contribution in [2.45, 2.75) is 4.90 Å². The van der Waals surface area contributed by atoms with Gasteiger partial charge in [0.25, 0.3) is 10.0 Å². The molecule has 19 heavy (non-hydrogen) atoms. The standard InChI is InChI=1S/C11H7ClN4O2S/c12-10-6-14-7-11(15-10)16-19(17,18)9-3-1-8(5-13)2-4-9/h1-4,6-7H,(H,15,16). The van der Waals surface area contributed by atoms with Gasteiger partial charge in [0.2, 0.25) is 0 Å². The van der Waals surface area contributed by atoms with Crippen molar-refractivity contribution < 1.29 is 8.42 Å². The predicted molar refractivity (Wildman–Crippen MR) is 69.0 cm³/mol. The minimum atomic E-state index is -3.78. The summed E-state index contributed by atoms with van der Waals surface area (Å²) in [6.45, 7) is 0. The van der Waals surface area contributed by atoms with Crippen LogP contribution in [0.4, 0.5) is 5.82 Å². The van der Waals surface area contributed by atoms with Gasteiger partial charge in [-0.2, -0.15) is 5.26 Å². The van der Waals surface area contributed by atoms with Gasteiger partial charge in [0.1, 0.15) is 5.15 Å². The van der Waals surface area contributed by atoms with E-state index < -0.39 is 10.0 Å². The van der Waals surface area contributed by atoms with E-state index >= 15 is 0 Å². The minimum absolute atomic E-state index is 0.0216. The van der Waals surface area contributed by atoms with Crippen molar-refractivity contribution in [2.24, 2.45) is 0 Å². The largest absolute Gasteiger partial charge is 0.263 e. The first-order valence-corrected chi connectivity index (χ1v) is 6.88. The molecule has 1 aromatic carbocycles. The lowest BCUT2D eigenvalue weighted by molar-refractivity contribution is 0.601. The number of benzene rings is 1. The van der Waals surface area contributed by atoms with Gasteiger partial charge in [-0.1, -0.05) is 11.6 Å². The summed E-state index contributed by atoms with van der Waals surface area (Å²) >= 11 is 5.61. The molecule has 0 saturated carbocycles. The van der Waals surface area contributed by atoms with Crippen LogP contribution in [0.1, 0.15) is 5.56 Å². The van der Waals surface area contributed by atoms with E-state index in [4.69, 9.17) is 16.9 Å². The number of nitrogens with one attached hydrogen (secondary N) is 1. The number of sulfonamides is 1. The maximum atomic E-state index is 12.0. The van der Waals surface area contributed by atoms with Crippen LogP contribution in [-0.4, -0.2) is 18.4 Å². The van der Waals surface area contributed by atoms with E-state index in [1.165, 1.54) is 36.7 Å². The Morgan fingerprint density at radius 2 is 1.89 bits per heavy atom. The number of rotatable bonds is 3. The second-order valence-electron chi connectivity index (χ2n) is 3.47. The maximum absolute atomic E-state index is 12.0. The lowest BCUT2D eigenvalue weighted by Gasteiger charge is -2.06. The first kappa shape index (κ1) is 13.3. The smallest absolute Gasteiger partial charge is 0.262 e. The lowest BCUT2D eigenvalue weighted by atomic mass is 10.2. The molecule has 1 heterocycles. The fourth-order valence-corrected chi connectivity index (χ4v) is 2.43. The van der Waals surface area contributed by atoms with Crippen LogP contribution in [0, 0.1) is 11.3 Å². The summed E-state index contributed by atoms with van der Waals surface area (Å²) in [5.41, 5.74) is 0.376. The minimum Gasteiger partial charge on any atom is -0.262 e. The molecule has 1 aromatic heterocycles. The fourth-order valence-electron chi connectivity index (χ4n) is 1.30. The fraction of sp³-hybridized carbons (Fsp3) is 0. The molecule has 6 nitrogen and oxygen atoms in total. The van der Waals surface area contributed by atoms with Gasteiger partial charge in [-0.3, -0.25) is 9.71 Å². The van der Waals surface area contributed by atoms with Crippen molar-refractivity contribution in [3.8, 4) is 6.07 Å². The Balaban J connectivity index is 2.30. The molecular weight excluding hydrogens is 288 g/mol. The van der Waals surface area contributed by atoms with Crippen LogP contribution in [0.2, 0.25) is 5.15 Å². The molecule has 2 aromatic rings. The average molecular weight is 295 g/mol. The van der Waals surface area contributed by atoms with Crippen LogP contribution in [0.3, 0.4) is 0 Å². The summed E-state index contributed by atoms with van der Waals surface area (Å²) in [6.07, 6.45) is 2.54. The number of halogens is 1. The topological polar surface area (TPSA) is 95.7 Å². The maximum Gasteiger partial charge on any atom is 0.263 e. The van der Waals surface area contributed by atoms with Crippen LogP contribution in [0.15, 0.2) is 41.6 Å². The summed E-state index contributed by atoms with van der Waals surface area (Å²) < 4.78 is 26.3. The van der Waals surface area contributed by atoms with E-state index in [0.29, 0.717) is 5.56 Å². The number of nitrogens with zero attached hydrogens (tertiary/aromatic N) is 3. The third-order valence-corrected chi connectivity index (χ3v) is 3.69. The van der Waals surface area contributed by atoms with Gasteiger partial charge < -0.3 is 0 Å². The van der Waals surface area contributed by atoms with Crippen molar-refractivity contribution in [1.82, 2.24) is 9.97 Å². The molecule has 0 atom stereocenters. The molecule has 0 amide bonds. The molecule has 0 aliphatic carbocycles. The van der Waals surface area contributed by atoms with Gasteiger partial charge in [-0.25, -0.2) is 13.4 Å². The van der Waals surface area contributed by atoms with Crippen LogP contribution < -0.4 is 4.72 Å². The highest BCUT2D eigenvalue weighted by Crippen LogP contribution is 2.15. The Morgan fingerprint density at radius 1 is 1.21 bits per heavy atom. The number of hydrogen-bond acceptors (Lipinski definition) is 5. The zero-order valence-electron chi connectivity index (χ0n) is 9.41. The summed E-state index contributed by atoms with van der Waals surface area (Å²) in [7, 11) is -3.78. The number of nitriles is 1. The van der Waals surface area contributed by atoms with Crippen molar-refractivity contribution in [2.75, 3.05) is 4.72 Å². The van der Waals surface area contributed by atoms with Crippen LogP contribution in [-0.2, 0) is 10.0 Å². The van der Waals surface area contributed by atoms with Crippen molar-refractivity contribution in [1.29, 1.82) is 5.26 Å². The van der Waals surface area contributed by atoms with E-state index in [-0.39, 0.29) is 15.9 Å². The van der Waals surface area contributed by atoms with Gasteiger partial charge in [-0.05, 0) is 24.3 Å². The van der Waals surface area contributed by atoms with E-state index in [1.807, 2.05) is 6.07 Å². The normalized spacial score (nSPS) is 10.7. The third kappa shape index (κ3) is 3.19. The summed E-state index contributed by atoms with van der Waals surface area (Å²) in [4.78, 5) is 7.52. The SMILES string of the molecule is N#Cc1ccc(S(=O)(=O)Nc2cncc(Cl)n2)cc1. The second kappa shape index (κ2) is 5.22. The molecule has 8 heteroatoms. The molecule has 0 bridgehead atoms. The average Bonchev–Trinajstić information content (AvgIpc) is 2.38. The molecule has 2 rings (SSSR count). The molecule has 0 fully saturated rings. The highest BCUT2D eigenvalue weighted by molar-refractivity contribution is 7.92. The molecule has 96 valence electrons. The van der Waals surface area contributed by atoms with E-state index in [1.54, 1.807) is 0 Å². The summed E-state index contributed by atoms with van der Waals surface area (Å²) in [5, 5.41) is 8.73. The Hall–Kier alpha value is -2.17. The highest BCUT2D eigenvalue weighted by Gasteiger charge is 2.15. The highest BCUT2D eigenvalue weighted by atomic mass is 35.5. The van der Waals surface area contributed by atoms with E-state index in [2.05, 4.69) is 14.7 Å². The summed E-state index contributed by atoms with van der Waals surface area (Å²) in [6, 6.07) is 7.40. The van der Waals surface area contributed by atoms with Crippen molar-refractivity contribution in [3.05, 3.63) is 47.4 Å². The van der Waals surface area contributed by atoms with E-state index in [9.17, 15) is 8.42 Å². The molecule has 0 spiro atoms. The van der Waals surface area contributed by atoms with E-state index in [0.717, 1.165) is 0 Å². The third-order valence-electron chi connectivity index (χ3n) is 2.14. The van der Waals surface area contributed by atoms with Crippen LogP contribution in [0.25, 0.3) is 0 Å². The molecule has 1 N–H and O–H groups in total. The molecular formula is C11H7ClN4O2S. The Morgan fingerprint density at radius 3 is 2.47 bits per heavy atom. The molecule has 0 radical (unpaired) electrons. The Bertz CT molecular complexity index is 738. The molecule has 0 unspecified atom stereocenters. The van der Waals surface area contributed by atoms with Crippen molar-refractivity contribution >= 4 is 27.4 Å². The zero-order valence-corrected chi connectivity index (χ0v) is 11.0. The van der Waals surface area contributed by atoms with Gasteiger partial charge in [-0.15, -0.1) is 0 Å². The predicted octanol–water partition coefficient (Wildman–Crippen LogP) is 1.80. The Kier molecular flexibility index (Phi) is 3.64. The number of anilines is 1. The molecule has 0 aliphatic rings. The van der Waals surface area contributed by atoms with Crippen molar-refractivity contribution in [3.63, 3.8) is 0 Å².